The Hall–Kier alpha value is -1.37. The molecule has 3 rings (SSSR count). The van der Waals surface area contributed by atoms with Gasteiger partial charge in [0.05, 0.1) is 5.52 Å². The normalized spacial score (nSPS) is 13.1. The standard InChI is InChI=1S/C9H7N.C4H8.C3H8/c1-2-6-9-8(4-1)5-3-7-10-9;1-4-2-3-4;1-3-2/h1-7H;4H,2-3H2,1H3;3H2,1-2H3. The van der Waals surface area contributed by atoms with E-state index in [9.17, 15) is 0 Å². The third kappa shape index (κ3) is 6.06. The molecular formula is C16H23N. The van der Waals surface area contributed by atoms with E-state index in [1.54, 1.807) is 0 Å². The van der Waals surface area contributed by atoms with Crippen LogP contribution in [-0.2, 0) is 0 Å². The van der Waals surface area contributed by atoms with Crippen LogP contribution in [-0.4, -0.2) is 4.98 Å². The van der Waals surface area contributed by atoms with Crippen LogP contribution in [0.1, 0.15) is 40.0 Å². The third-order valence-electron chi connectivity index (χ3n) is 2.38. The Balaban J connectivity index is 0.000000172. The molecule has 0 saturated heterocycles. The van der Waals surface area contributed by atoms with Gasteiger partial charge >= 0.3 is 0 Å². The van der Waals surface area contributed by atoms with E-state index in [4.69, 9.17) is 0 Å². The minimum atomic E-state index is 1.06. The molecule has 1 aliphatic rings. The Kier molecular flexibility index (Phi) is 6.31. The Morgan fingerprint density at radius 3 is 2.12 bits per heavy atom. The molecule has 0 N–H and O–H groups in total. The van der Waals surface area contributed by atoms with Crippen molar-refractivity contribution in [2.45, 2.75) is 40.0 Å². The summed E-state index contributed by atoms with van der Waals surface area (Å²) in [6.07, 6.45) is 6.03. The van der Waals surface area contributed by atoms with Gasteiger partial charge in [-0.05, 0) is 18.1 Å². The van der Waals surface area contributed by atoms with E-state index in [2.05, 4.69) is 37.9 Å². The highest BCUT2D eigenvalue weighted by molar-refractivity contribution is 5.77. The molecule has 0 radical (unpaired) electrons. The maximum absolute atomic E-state index is 4.18. The molecule has 0 atom stereocenters. The van der Waals surface area contributed by atoms with Crippen molar-refractivity contribution >= 4 is 10.9 Å². The smallest absolute Gasteiger partial charge is 0.0701 e. The zero-order chi connectivity index (χ0) is 12.5. The second-order valence-electron chi connectivity index (χ2n) is 4.59. The average molecular weight is 229 g/mol. The molecule has 1 nitrogen and oxygen atoms in total. The fourth-order valence-electron chi connectivity index (χ4n) is 1.18. The SMILES string of the molecule is CC1CC1.CCC.c1ccc2ncccc2c1. The first-order chi connectivity index (χ1) is 8.27. The van der Waals surface area contributed by atoms with Crippen molar-refractivity contribution in [3.05, 3.63) is 42.6 Å². The number of rotatable bonds is 0. The number of benzene rings is 1. The zero-order valence-corrected chi connectivity index (χ0v) is 11.2. The number of para-hydroxylation sites is 1. The van der Waals surface area contributed by atoms with Crippen molar-refractivity contribution in [1.29, 1.82) is 0 Å². The Morgan fingerprint density at radius 1 is 1.06 bits per heavy atom. The fraction of sp³-hybridized carbons (Fsp3) is 0.438. The highest BCUT2D eigenvalue weighted by Crippen LogP contribution is 2.26. The van der Waals surface area contributed by atoms with Gasteiger partial charge in [-0.25, -0.2) is 0 Å². The lowest BCUT2D eigenvalue weighted by Gasteiger charge is -1.91. The van der Waals surface area contributed by atoms with Gasteiger partial charge in [0, 0.05) is 11.6 Å². The topological polar surface area (TPSA) is 12.9 Å². The van der Waals surface area contributed by atoms with Crippen LogP contribution in [0.25, 0.3) is 10.9 Å². The largest absolute Gasteiger partial charge is 0.256 e. The first kappa shape index (κ1) is 13.7. The maximum atomic E-state index is 4.18. The first-order valence-corrected chi connectivity index (χ1v) is 6.57. The monoisotopic (exact) mass is 229 g/mol. The van der Waals surface area contributed by atoms with Gasteiger partial charge in [-0.1, -0.05) is 64.3 Å². The van der Waals surface area contributed by atoms with Crippen molar-refractivity contribution in [3.8, 4) is 0 Å². The van der Waals surface area contributed by atoms with Gasteiger partial charge in [0.2, 0.25) is 0 Å². The van der Waals surface area contributed by atoms with Gasteiger partial charge in [0.15, 0.2) is 0 Å². The predicted molar refractivity (Wildman–Crippen MR) is 76.1 cm³/mol. The van der Waals surface area contributed by atoms with Crippen LogP contribution in [0, 0.1) is 5.92 Å². The van der Waals surface area contributed by atoms with Crippen molar-refractivity contribution in [2.75, 3.05) is 0 Å². The molecule has 1 aliphatic carbocycles. The Bertz CT molecular complexity index is 353. The minimum absolute atomic E-state index is 1.06. The van der Waals surface area contributed by atoms with Gasteiger partial charge in [0.1, 0.15) is 0 Å². The highest BCUT2D eigenvalue weighted by Gasteiger charge is 2.12. The van der Waals surface area contributed by atoms with Crippen LogP contribution in [0.2, 0.25) is 0 Å². The van der Waals surface area contributed by atoms with E-state index in [0.29, 0.717) is 0 Å². The van der Waals surface area contributed by atoms with Crippen molar-refractivity contribution in [1.82, 2.24) is 4.98 Å². The lowest BCUT2D eigenvalue weighted by Crippen LogP contribution is -1.73. The van der Waals surface area contributed by atoms with Gasteiger partial charge in [0.25, 0.3) is 0 Å². The molecule has 1 aromatic carbocycles. The molecule has 1 fully saturated rings. The van der Waals surface area contributed by atoms with Crippen LogP contribution in [0.3, 0.4) is 0 Å². The highest BCUT2D eigenvalue weighted by atomic mass is 14.6. The van der Waals surface area contributed by atoms with E-state index in [0.717, 1.165) is 11.4 Å². The molecule has 0 unspecified atom stereocenters. The number of pyridine rings is 1. The quantitative estimate of drug-likeness (QED) is 0.614. The molecule has 0 bridgehead atoms. The molecule has 92 valence electrons. The lowest BCUT2D eigenvalue weighted by atomic mass is 10.2. The summed E-state index contributed by atoms with van der Waals surface area (Å²) in [4.78, 5) is 4.18. The van der Waals surface area contributed by atoms with E-state index < -0.39 is 0 Å². The molecule has 0 spiro atoms. The van der Waals surface area contributed by atoms with Crippen molar-refractivity contribution in [2.24, 2.45) is 5.92 Å². The van der Waals surface area contributed by atoms with Gasteiger partial charge in [-0.3, -0.25) is 4.98 Å². The fourth-order valence-corrected chi connectivity index (χ4v) is 1.18. The van der Waals surface area contributed by atoms with Gasteiger partial charge < -0.3 is 0 Å². The van der Waals surface area contributed by atoms with E-state index in [1.807, 2.05) is 30.5 Å². The van der Waals surface area contributed by atoms with Crippen LogP contribution < -0.4 is 0 Å². The molecule has 1 heteroatoms. The van der Waals surface area contributed by atoms with Gasteiger partial charge in [-0.2, -0.15) is 0 Å². The molecule has 17 heavy (non-hydrogen) atoms. The average Bonchev–Trinajstić information content (AvgIpc) is 3.14. The summed E-state index contributed by atoms with van der Waals surface area (Å²) >= 11 is 0. The summed E-state index contributed by atoms with van der Waals surface area (Å²) in [5.74, 6) is 1.08. The third-order valence-corrected chi connectivity index (χ3v) is 2.38. The predicted octanol–water partition coefficient (Wildman–Crippen LogP) is 5.07. The minimum Gasteiger partial charge on any atom is -0.256 e. The van der Waals surface area contributed by atoms with Crippen molar-refractivity contribution in [3.63, 3.8) is 0 Å². The molecule has 2 aromatic rings. The number of hydrogen-bond donors (Lipinski definition) is 0. The second-order valence-corrected chi connectivity index (χ2v) is 4.59. The first-order valence-electron chi connectivity index (χ1n) is 6.57. The lowest BCUT2D eigenvalue weighted by molar-refractivity contribution is 0.983. The molecule has 0 amide bonds. The van der Waals surface area contributed by atoms with Crippen LogP contribution >= 0.6 is 0 Å². The number of fused-ring (bicyclic) bond motifs is 1. The van der Waals surface area contributed by atoms with Crippen molar-refractivity contribution < 1.29 is 0 Å². The molecule has 0 aliphatic heterocycles. The van der Waals surface area contributed by atoms with Crippen LogP contribution in [0.5, 0.6) is 0 Å². The summed E-state index contributed by atoms with van der Waals surface area (Å²) in [5.41, 5.74) is 1.06. The summed E-state index contributed by atoms with van der Waals surface area (Å²) in [5, 5.41) is 1.20. The summed E-state index contributed by atoms with van der Waals surface area (Å²) in [6.45, 7) is 6.53. The molecule has 1 heterocycles. The van der Waals surface area contributed by atoms with E-state index >= 15 is 0 Å². The second kappa shape index (κ2) is 7.83. The Labute approximate surface area is 105 Å². The maximum Gasteiger partial charge on any atom is 0.0701 e. The van der Waals surface area contributed by atoms with Crippen LogP contribution in [0.4, 0.5) is 0 Å². The zero-order valence-electron chi connectivity index (χ0n) is 11.2. The van der Waals surface area contributed by atoms with Crippen LogP contribution in [0.15, 0.2) is 42.6 Å². The number of aromatic nitrogens is 1. The van der Waals surface area contributed by atoms with E-state index in [1.165, 1.54) is 24.6 Å². The molecule has 1 saturated carbocycles. The summed E-state index contributed by atoms with van der Waals surface area (Å²) in [6, 6.07) is 12.1. The number of hydrogen-bond acceptors (Lipinski definition) is 1. The molecular weight excluding hydrogens is 206 g/mol. The Morgan fingerprint density at radius 2 is 1.59 bits per heavy atom. The van der Waals surface area contributed by atoms with E-state index in [-0.39, 0.29) is 0 Å². The van der Waals surface area contributed by atoms with Gasteiger partial charge in [-0.15, -0.1) is 0 Å². The molecule has 1 aromatic heterocycles. The number of nitrogens with zero attached hydrogens (tertiary/aromatic N) is 1. The summed E-state index contributed by atoms with van der Waals surface area (Å²) in [7, 11) is 0. The summed E-state index contributed by atoms with van der Waals surface area (Å²) < 4.78 is 0.